The summed E-state index contributed by atoms with van der Waals surface area (Å²) in [5, 5.41) is 8.29. The lowest BCUT2D eigenvalue weighted by atomic mass is 10.1. The number of rotatable bonds is 3. The van der Waals surface area contributed by atoms with E-state index in [0.717, 1.165) is 16.6 Å². The lowest BCUT2D eigenvalue weighted by Crippen LogP contribution is -1.98. The van der Waals surface area contributed by atoms with Crippen molar-refractivity contribution in [3.8, 4) is 0 Å². The molecule has 0 aliphatic heterocycles. The monoisotopic (exact) mass is 215 g/mol. The van der Waals surface area contributed by atoms with Gasteiger partial charge >= 0.3 is 0 Å². The van der Waals surface area contributed by atoms with Gasteiger partial charge in [0.25, 0.3) is 0 Å². The Balaban J connectivity index is 2.06. The van der Waals surface area contributed by atoms with Crippen LogP contribution >= 0.6 is 0 Å². The highest BCUT2D eigenvalue weighted by Crippen LogP contribution is 2.36. The first-order valence-corrected chi connectivity index (χ1v) is 5.57. The largest absolute Gasteiger partial charge is 0.300 e. The van der Waals surface area contributed by atoms with Crippen molar-refractivity contribution in [2.45, 2.75) is 32.2 Å². The van der Waals surface area contributed by atoms with E-state index in [1.54, 1.807) is 6.92 Å². The zero-order valence-corrected chi connectivity index (χ0v) is 9.18. The molecule has 0 atom stereocenters. The van der Waals surface area contributed by atoms with E-state index in [0.29, 0.717) is 12.5 Å². The SMILES string of the molecule is CC(=O)Cc1ccc2nnn(C3CC3)c2c1. The highest BCUT2D eigenvalue weighted by molar-refractivity contribution is 5.81. The molecule has 1 saturated carbocycles. The Morgan fingerprint density at radius 3 is 3.00 bits per heavy atom. The number of carbonyl (C=O) groups excluding carboxylic acids is 1. The van der Waals surface area contributed by atoms with Crippen LogP contribution in [-0.2, 0) is 11.2 Å². The normalized spacial score (nSPS) is 15.6. The zero-order chi connectivity index (χ0) is 11.1. The molecule has 4 nitrogen and oxygen atoms in total. The molecule has 3 rings (SSSR count). The topological polar surface area (TPSA) is 47.8 Å². The average molecular weight is 215 g/mol. The van der Waals surface area contributed by atoms with Gasteiger partial charge in [0.1, 0.15) is 11.3 Å². The molecule has 0 radical (unpaired) electrons. The average Bonchev–Trinajstić information content (AvgIpc) is 2.98. The molecule has 0 unspecified atom stereocenters. The molecular formula is C12H13N3O. The van der Waals surface area contributed by atoms with Crippen LogP contribution in [0.15, 0.2) is 18.2 Å². The Morgan fingerprint density at radius 1 is 1.50 bits per heavy atom. The quantitative estimate of drug-likeness (QED) is 0.785. The fourth-order valence-corrected chi connectivity index (χ4v) is 1.97. The fourth-order valence-electron chi connectivity index (χ4n) is 1.97. The molecule has 0 N–H and O–H groups in total. The smallest absolute Gasteiger partial charge is 0.134 e. The van der Waals surface area contributed by atoms with Gasteiger partial charge < -0.3 is 0 Å². The number of benzene rings is 1. The first-order valence-electron chi connectivity index (χ1n) is 5.57. The van der Waals surface area contributed by atoms with Crippen LogP contribution in [0, 0.1) is 0 Å². The van der Waals surface area contributed by atoms with Crippen LogP contribution in [0.5, 0.6) is 0 Å². The van der Waals surface area contributed by atoms with Gasteiger partial charge in [0.2, 0.25) is 0 Å². The van der Waals surface area contributed by atoms with Crippen molar-refractivity contribution in [3.05, 3.63) is 23.8 Å². The van der Waals surface area contributed by atoms with Crippen molar-refractivity contribution in [1.82, 2.24) is 15.0 Å². The molecule has 82 valence electrons. The van der Waals surface area contributed by atoms with Crippen LogP contribution < -0.4 is 0 Å². The number of carbonyl (C=O) groups is 1. The molecule has 0 bridgehead atoms. The number of nitrogens with zero attached hydrogens (tertiary/aromatic N) is 3. The molecule has 0 saturated heterocycles. The van der Waals surface area contributed by atoms with Crippen LogP contribution in [-0.4, -0.2) is 20.8 Å². The van der Waals surface area contributed by atoms with E-state index >= 15 is 0 Å². The molecule has 1 heterocycles. The summed E-state index contributed by atoms with van der Waals surface area (Å²) in [7, 11) is 0. The maximum atomic E-state index is 11.1. The third kappa shape index (κ3) is 1.60. The van der Waals surface area contributed by atoms with Crippen LogP contribution in [0.1, 0.15) is 31.4 Å². The van der Waals surface area contributed by atoms with E-state index in [4.69, 9.17) is 0 Å². The summed E-state index contributed by atoms with van der Waals surface area (Å²) in [6, 6.07) is 6.46. The molecule has 1 aliphatic carbocycles. The van der Waals surface area contributed by atoms with E-state index in [1.165, 1.54) is 12.8 Å². The van der Waals surface area contributed by atoms with Crippen molar-refractivity contribution in [2.75, 3.05) is 0 Å². The second kappa shape index (κ2) is 3.40. The number of ketones is 1. The van der Waals surface area contributed by atoms with E-state index in [-0.39, 0.29) is 5.78 Å². The lowest BCUT2D eigenvalue weighted by molar-refractivity contribution is -0.116. The van der Waals surface area contributed by atoms with Crippen LogP contribution in [0.25, 0.3) is 11.0 Å². The zero-order valence-electron chi connectivity index (χ0n) is 9.18. The molecule has 1 aromatic carbocycles. The van der Waals surface area contributed by atoms with Crippen LogP contribution in [0.3, 0.4) is 0 Å². The van der Waals surface area contributed by atoms with E-state index < -0.39 is 0 Å². The summed E-state index contributed by atoms with van der Waals surface area (Å²) < 4.78 is 1.99. The Kier molecular flexibility index (Phi) is 2.02. The third-order valence-corrected chi connectivity index (χ3v) is 2.88. The maximum Gasteiger partial charge on any atom is 0.134 e. The van der Waals surface area contributed by atoms with Gasteiger partial charge in [0.05, 0.1) is 11.6 Å². The van der Waals surface area contributed by atoms with Gasteiger partial charge in [-0.15, -0.1) is 5.10 Å². The number of Topliss-reactive ketones (excluding diaryl/α,β-unsaturated/α-hetero) is 1. The van der Waals surface area contributed by atoms with Crippen molar-refractivity contribution < 1.29 is 4.79 Å². The van der Waals surface area contributed by atoms with Crippen LogP contribution in [0.2, 0.25) is 0 Å². The molecular weight excluding hydrogens is 202 g/mol. The summed E-state index contributed by atoms with van der Waals surface area (Å²) in [5.41, 5.74) is 3.02. The molecule has 1 fully saturated rings. The third-order valence-electron chi connectivity index (χ3n) is 2.88. The van der Waals surface area contributed by atoms with E-state index in [9.17, 15) is 4.79 Å². The highest BCUT2D eigenvalue weighted by Gasteiger charge is 2.26. The van der Waals surface area contributed by atoms with Crippen molar-refractivity contribution in [2.24, 2.45) is 0 Å². The standard InChI is InChI=1S/C12H13N3O/c1-8(16)6-9-2-5-11-12(7-9)15(14-13-11)10-3-4-10/h2,5,7,10H,3-4,6H2,1H3. The van der Waals surface area contributed by atoms with Gasteiger partial charge in [-0.1, -0.05) is 11.3 Å². The van der Waals surface area contributed by atoms with Crippen molar-refractivity contribution >= 4 is 16.8 Å². The predicted octanol–water partition coefficient (Wildman–Crippen LogP) is 1.90. The molecule has 1 aliphatic rings. The Bertz CT molecular complexity index is 554. The predicted molar refractivity (Wildman–Crippen MR) is 60.2 cm³/mol. The number of hydrogen-bond donors (Lipinski definition) is 0. The minimum atomic E-state index is 0.185. The van der Waals surface area contributed by atoms with E-state index in [2.05, 4.69) is 10.3 Å². The molecule has 1 aromatic heterocycles. The summed E-state index contributed by atoms with van der Waals surface area (Å²) in [5.74, 6) is 0.185. The Morgan fingerprint density at radius 2 is 2.31 bits per heavy atom. The lowest BCUT2D eigenvalue weighted by Gasteiger charge is -2.00. The number of fused-ring (bicyclic) bond motifs is 1. The minimum Gasteiger partial charge on any atom is -0.300 e. The van der Waals surface area contributed by atoms with Crippen molar-refractivity contribution in [1.29, 1.82) is 0 Å². The molecule has 16 heavy (non-hydrogen) atoms. The molecule has 2 aromatic rings. The summed E-state index contributed by atoms with van der Waals surface area (Å²) in [6.45, 7) is 1.61. The number of aromatic nitrogens is 3. The fraction of sp³-hybridized carbons (Fsp3) is 0.417. The van der Waals surface area contributed by atoms with Gasteiger partial charge in [-0.3, -0.25) is 4.79 Å². The second-order valence-electron chi connectivity index (χ2n) is 4.47. The maximum absolute atomic E-state index is 11.1. The van der Waals surface area contributed by atoms with Gasteiger partial charge in [0.15, 0.2) is 0 Å². The summed E-state index contributed by atoms with van der Waals surface area (Å²) in [6.07, 6.45) is 2.87. The Labute approximate surface area is 93.3 Å². The first-order chi connectivity index (χ1) is 7.74. The first kappa shape index (κ1) is 9.51. The van der Waals surface area contributed by atoms with Gasteiger partial charge in [-0.2, -0.15) is 0 Å². The van der Waals surface area contributed by atoms with E-state index in [1.807, 2.05) is 22.9 Å². The number of hydrogen-bond acceptors (Lipinski definition) is 3. The Hall–Kier alpha value is -1.71. The van der Waals surface area contributed by atoms with Gasteiger partial charge in [0, 0.05) is 6.42 Å². The van der Waals surface area contributed by atoms with Crippen LogP contribution in [0.4, 0.5) is 0 Å². The molecule has 4 heteroatoms. The minimum absolute atomic E-state index is 0.185. The van der Waals surface area contributed by atoms with Gasteiger partial charge in [-0.05, 0) is 37.5 Å². The molecule has 0 amide bonds. The van der Waals surface area contributed by atoms with Gasteiger partial charge in [-0.25, -0.2) is 4.68 Å². The second-order valence-corrected chi connectivity index (χ2v) is 4.47. The summed E-state index contributed by atoms with van der Waals surface area (Å²) >= 11 is 0. The summed E-state index contributed by atoms with van der Waals surface area (Å²) in [4.78, 5) is 11.1. The van der Waals surface area contributed by atoms with Crippen molar-refractivity contribution in [3.63, 3.8) is 0 Å². The molecule has 0 spiro atoms. The highest BCUT2D eigenvalue weighted by atomic mass is 16.1.